The van der Waals surface area contributed by atoms with Gasteiger partial charge in [-0.25, -0.2) is 13.1 Å². The summed E-state index contributed by atoms with van der Waals surface area (Å²) in [7, 11) is -3.29. The maximum atomic E-state index is 11.8. The maximum Gasteiger partial charge on any atom is 0.215 e. The summed E-state index contributed by atoms with van der Waals surface area (Å²) in [6.45, 7) is 6.37. The van der Waals surface area contributed by atoms with E-state index >= 15 is 0 Å². The average molecular weight is 256 g/mol. The molecular formula is C12H20N2O2S. The van der Waals surface area contributed by atoms with Crippen molar-refractivity contribution in [1.29, 1.82) is 0 Å². The Balaban J connectivity index is 2.67. The van der Waals surface area contributed by atoms with E-state index in [2.05, 4.69) is 4.72 Å². The van der Waals surface area contributed by atoms with Gasteiger partial charge in [0.1, 0.15) is 0 Å². The average Bonchev–Trinajstić information content (AvgIpc) is 2.13. The normalized spacial score (nSPS) is 12.6. The monoisotopic (exact) mass is 256 g/mol. The Kier molecular flexibility index (Phi) is 4.16. The molecule has 0 saturated carbocycles. The molecule has 4 nitrogen and oxygen atoms in total. The molecule has 0 atom stereocenters. The Hall–Kier alpha value is -1.07. The van der Waals surface area contributed by atoms with Gasteiger partial charge in [-0.3, -0.25) is 0 Å². The van der Waals surface area contributed by atoms with Gasteiger partial charge in [-0.2, -0.15) is 0 Å². The number of nitrogen functional groups attached to an aromatic ring is 1. The van der Waals surface area contributed by atoms with Crippen LogP contribution < -0.4 is 10.5 Å². The molecule has 0 aliphatic carbocycles. The number of hydrogen-bond acceptors (Lipinski definition) is 3. The Morgan fingerprint density at radius 1 is 1.29 bits per heavy atom. The van der Waals surface area contributed by atoms with Gasteiger partial charge in [0, 0.05) is 12.2 Å². The second-order valence-corrected chi connectivity index (χ2v) is 7.19. The first-order valence-corrected chi connectivity index (χ1v) is 7.15. The van der Waals surface area contributed by atoms with Crippen LogP contribution in [0.25, 0.3) is 0 Å². The largest absolute Gasteiger partial charge is 0.399 e. The molecule has 0 aliphatic heterocycles. The van der Waals surface area contributed by atoms with E-state index < -0.39 is 10.0 Å². The van der Waals surface area contributed by atoms with Crippen LogP contribution in [-0.4, -0.2) is 15.0 Å². The molecule has 5 heteroatoms. The highest BCUT2D eigenvalue weighted by molar-refractivity contribution is 7.88. The third-order valence-corrected chi connectivity index (χ3v) is 3.43. The third-order valence-electron chi connectivity index (χ3n) is 2.13. The van der Waals surface area contributed by atoms with Crippen LogP contribution in [0.3, 0.4) is 0 Å². The Labute approximate surface area is 103 Å². The van der Waals surface area contributed by atoms with E-state index in [9.17, 15) is 8.42 Å². The molecular weight excluding hydrogens is 236 g/mol. The standard InChI is InChI=1S/C12H20N2O2S/c1-12(2,3)9-14-17(15,16)8-10-5-4-6-11(13)7-10/h4-7,14H,8-9,13H2,1-3H3. The Morgan fingerprint density at radius 3 is 2.47 bits per heavy atom. The number of nitrogens with two attached hydrogens (primary N) is 1. The molecule has 17 heavy (non-hydrogen) atoms. The molecule has 0 aliphatic rings. The molecule has 0 aromatic heterocycles. The lowest BCUT2D eigenvalue weighted by atomic mass is 9.98. The first-order chi connectivity index (χ1) is 7.68. The van der Waals surface area contributed by atoms with Crippen molar-refractivity contribution in [3.8, 4) is 0 Å². The molecule has 0 fully saturated rings. The summed E-state index contributed by atoms with van der Waals surface area (Å²) in [6.07, 6.45) is 0. The lowest BCUT2D eigenvalue weighted by Gasteiger charge is -2.18. The topological polar surface area (TPSA) is 72.2 Å². The van der Waals surface area contributed by atoms with Crippen molar-refractivity contribution >= 4 is 15.7 Å². The molecule has 1 aromatic rings. The van der Waals surface area contributed by atoms with Crippen LogP contribution in [0.5, 0.6) is 0 Å². The molecule has 0 saturated heterocycles. The number of nitrogens with one attached hydrogen (secondary N) is 1. The summed E-state index contributed by atoms with van der Waals surface area (Å²) in [5.74, 6) is -0.0336. The zero-order chi connectivity index (χ0) is 13.1. The van der Waals surface area contributed by atoms with Gasteiger partial charge in [-0.15, -0.1) is 0 Å². The van der Waals surface area contributed by atoms with Crippen molar-refractivity contribution < 1.29 is 8.42 Å². The number of anilines is 1. The summed E-state index contributed by atoms with van der Waals surface area (Å²) < 4.78 is 26.2. The fourth-order valence-corrected chi connectivity index (χ4v) is 2.65. The number of sulfonamides is 1. The summed E-state index contributed by atoms with van der Waals surface area (Å²) in [5.41, 5.74) is 6.82. The van der Waals surface area contributed by atoms with E-state index in [1.165, 1.54) is 0 Å². The number of benzene rings is 1. The van der Waals surface area contributed by atoms with Crippen LogP contribution in [-0.2, 0) is 15.8 Å². The quantitative estimate of drug-likeness (QED) is 0.806. The van der Waals surface area contributed by atoms with Crippen molar-refractivity contribution in [2.45, 2.75) is 26.5 Å². The van der Waals surface area contributed by atoms with E-state index in [0.717, 1.165) is 0 Å². The smallest absolute Gasteiger partial charge is 0.215 e. The third kappa shape index (κ3) is 5.70. The summed E-state index contributed by atoms with van der Waals surface area (Å²) in [4.78, 5) is 0. The van der Waals surface area contributed by atoms with Crippen molar-refractivity contribution in [2.75, 3.05) is 12.3 Å². The van der Waals surface area contributed by atoms with Gasteiger partial charge >= 0.3 is 0 Å². The highest BCUT2D eigenvalue weighted by atomic mass is 32.2. The molecule has 1 rings (SSSR count). The van der Waals surface area contributed by atoms with Gasteiger partial charge in [-0.1, -0.05) is 32.9 Å². The molecule has 3 N–H and O–H groups in total. The van der Waals surface area contributed by atoms with Crippen molar-refractivity contribution in [3.63, 3.8) is 0 Å². The predicted octanol–water partition coefficient (Wildman–Crippen LogP) is 1.73. The summed E-state index contributed by atoms with van der Waals surface area (Å²) >= 11 is 0. The van der Waals surface area contributed by atoms with Gasteiger partial charge in [0.15, 0.2) is 0 Å². The first kappa shape index (κ1) is 14.0. The lowest BCUT2D eigenvalue weighted by Crippen LogP contribution is -2.33. The minimum absolute atomic E-state index is 0.0336. The highest BCUT2D eigenvalue weighted by Gasteiger charge is 2.16. The molecule has 96 valence electrons. The zero-order valence-electron chi connectivity index (χ0n) is 10.5. The van der Waals surface area contributed by atoms with Crippen LogP contribution >= 0.6 is 0 Å². The minimum atomic E-state index is -3.29. The van der Waals surface area contributed by atoms with Crippen LogP contribution in [0, 0.1) is 5.41 Å². The molecule has 1 aromatic carbocycles. The maximum absolute atomic E-state index is 11.8. The lowest BCUT2D eigenvalue weighted by molar-refractivity contribution is 0.407. The van der Waals surface area contributed by atoms with Crippen LogP contribution in [0.4, 0.5) is 5.69 Å². The second-order valence-electron chi connectivity index (χ2n) is 5.39. The molecule has 0 spiro atoms. The molecule has 0 unspecified atom stereocenters. The SMILES string of the molecule is CC(C)(C)CNS(=O)(=O)Cc1cccc(N)c1. The Morgan fingerprint density at radius 2 is 1.94 bits per heavy atom. The van der Waals surface area contributed by atoms with Gasteiger partial charge in [0.25, 0.3) is 0 Å². The molecule has 0 radical (unpaired) electrons. The predicted molar refractivity (Wildman–Crippen MR) is 70.9 cm³/mol. The summed E-state index contributed by atoms with van der Waals surface area (Å²) in [6, 6.07) is 6.92. The van der Waals surface area contributed by atoms with Crippen LogP contribution in [0.15, 0.2) is 24.3 Å². The fraction of sp³-hybridized carbons (Fsp3) is 0.500. The van der Waals surface area contributed by atoms with Crippen LogP contribution in [0.2, 0.25) is 0 Å². The van der Waals surface area contributed by atoms with Gasteiger partial charge in [0.05, 0.1) is 5.75 Å². The van der Waals surface area contributed by atoms with E-state index in [-0.39, 0.29) is 11.2 Å². The van der Waals surface area contributed by atoms with E-state index in [4.69, 9.17) is 5.73 Å². The second kappa shape index (κ2) is 5.06. The molecule has 0 bridgehead atoms. The first-order valence-electron chi connectivity index (χ1n) is 5.50. The highest BCUT2D eigenvalue weighted by Crippen LogP contribution is 2.13. The van der Waals surface area contributed by atoms with E-state index in [1.807, 2.05) is 20.8 Å². The summed E-state index contributed by atoms with van der Waals surface area (Å²) in [5, 5.41) is 0. The van der Waals surface area contributed by atoms with E-state index in [1.54, 1.807) is 24.3 Å². The Bertz CT molecular complexity index is 476. The number of rotatable bonds is 4. The van der Waals surface area contributed by atoms with E-state index in [0.29, 0.717) is 17.8 Å². The molecule has 0 heterocycles. The van der Waals surface area contributed by atoms with Crippen molar-refractivity contribution in [1.82, 2.24) is 4.72 Å². The van der Waals surface area contributed by atoms with Crippen molar-refractivity contribution in [2.24, 2.45) is 5.41 Å². The van der Waals surface area contributed by atoms with Crippen LogP contribution in [0.1, 0.15) is 26.3 Å². The minimum Gasteiger partial charge on any atom is -0.399 e. The van der Waals surface area contributed by atoms with Crippen molar-refractivity contribution in [3.05, 3.63) is 29.8 Å². The fourth-order valence-electron chi connectivity index (χ4n) is 1.28. The zero-order valence-corrected chi connectivity index (χ0v) is 11.3. The van der Waals surface area contributed by atoms with Gasteiger partial charge in [-0.05, 0) is 23.1 Å². The molecule has 0 amide bonds. The van der Waals surface area contributed by atoms with Gasteiger partial charge < -0.3 is 5.73 Å². The van der Waals surface area contributed by atoms with Gasteiger partial charge in [0.2, 0.25) is 10.0 Å². The number of hydrogen-bond donors (Lipinski definition) is 2.